The van der Waals surface area contributed by atoms with E-state index in [1.165, 1.54) is 18.3 Å². The molecule has 0 radical (unpaired) electrons. The molecule has 0 unspecified atom stereocenters. The van der Waals surface area contributed by atoms with Gasteiger partial charge in [-0.1, -0.05) is 0 Å². The predicted molar refractivity (Wildman–Crippen MR) is 71.4 cm³/mol. The number of nitrogen functional groups attached to an aromatic ring is 1. The summed E-state index contributed by atoms with van der Waals surface area (Å²) < 4.78 is 40.1. The summed E-state index contributed by atoms with van der Waals surface area (Å²) in [7, 11) is -4.11. The van der Waals surface area contributed by atoms with Crippen molar-refractivity contribution in [1.82, 2.24) is 10.2 Å². The Kier molecular flexibility index (Phi) is 3.67. The van der Waals surface area contributed by atoms with E-state index >= 15 is 0 Å². The van der Waals surface area contributed by atoms with Crippen molar-refractivity contribution in [2.45, 2.75) is 4.90 Å². The number of anilines is 2. The van der Waals surface area contributed by atoms with Gasteiger partial charge in [-0.15, -0.1) is 5.10 Å². The van der Waals surface area contributed by atoms with Gasteiger partial charge in [-0.3, -0.25) is 4.72 Å². The summed E-state index contributed by atoms with van der Waals surface area (Å²) in [5, 5.41) is 7.07. The Balaban J connectivity index is 2.43. The molecule has 0 spiro atoms. The van der Waals surface area contributed by atoms with Crippen LogP contribution in [-0.2, 0) is 10.0 Å². The minimum Gasteiger partial charge on any atom is -0.398 e. The predicted octanol–water partition coefficient (Wildman–Crippen LogP) is 1.76. The topological polar surface area (TPSA) is 98.0 Å². The molecular formula is C10H8BrFN4O2S. The maximum absolute atomic E-state index is 13.7. The van der Waals surface area contributed by atoms with Crippen LogP contribution in [0.2, 0.25) is 0 Å². The minimum atomic E-state index is -4.11. The van der Waals surface area contributed by atoms with Crippen LogP contribution >= 0.6 is 15.9 Å². The van der Waals surface area contributed by atoms with Gasteiger partial charge in [0.25, 0.3) is 10.0 Å². The molecule has 0 saturated carbocycles. The first-order valence-corrected chi connectivity index (χ1v) is 7.23. The molecule has 1 heterocycles. The lowest BCUT2D eigenvalue weighted by Gasteiger charge is -2.09. The maximum atomic E-state index is 13.7. The van der Waals surface area contributed by atoms with E-state index in [-0.39, 0.29) is 16.0 Å². The summed E-state index contributed by atoms with van der Waals surface area (Å²) in [5.41, 5.74) is 5.66. The van der Waals surface area contributed by atoms with E-state index in [0.29, 0.717) is 0 Å². The summed E-state index contributed by atoms with van der Waals surface area (Å²) in [6, 6.07) is 4.90. The van der Waals surface area contributed by atoms with E-state index in [4.69, 9.17) is 5.73 Å². The maximum Gasteiger partial charge on any atom is 0.266 e. The molecule has 0 aliphatic heterocycles. The smallest absolute Gasteiger partial charge is 0.266 e. The summed E-state index contributed by atoms with van der Waals surface area (Å²) in [6.45, 7) is 0. The molecule has 2 aromatic rings. The number of nitrogens with two attached hydrogens (primary N) is 1. The Morgan fingerprint density at radius 3 is 2.74 bits per heavy atom. The van der Waals surface area contributed by atoms with Gasteiger partial charge in [-0.05, 0) is 40.2 Å². The second kappa shape index (κ2) is 5.10. The van der Waals surface area contributed by atoms with Gasteiger partial charge in [0.05, 0.1) is 0 Å². The third-order valence-corrected chi connectivity index (χ3v) is 4.21. The highest BCUT2D eigenvalue weighted by molar-refractivity contribution is 9.10. The average molecular weight is 347 g/mol. The van der Waals surface area contributed by atoms with Crippen LogP contribution in [0.5, 0.6) is 0 Å². The molecule has 0 atom stereocenters. The first-order valence-electron chi connectivity index (χ1n) is 4.95. The molecule has 0 fully saturated rings. The lowest BCUT2D eigenvalue weighted by atomic mass is 10.3. The average Bonchev–Trinajstić information content (AvgIpc) is 2.34. The summed E-state index contributed by atoms with van der Waals surface area (Å²) in [5.74, 6) is -0.930. The van der Waals surface area contributed by atoms with Crippen molar-refractivity contribution in [3.05, 3.63) is 40.8 Å². The van der Waals surface area contributed by atoms with E-state index in [1.54, 1.807) is 0 Å². The van der Waals surface area contributed by atoms with Gasteiger partial charge in [0.2, 0.25) is 0 Å². The molecule has 9 heteroatoms. The first kappa shape index (κ1) is 13.7. The van der Waals surface area contributed by atoms with Crippen molar-refractivity contribution >= 4 is 37.5 Å². The highest BCUT2D eigenvalue weighted by Crippen LogP contribution is 2.26. The molecule has 19 heavy (non-hydrogen) atoms. The summed E-state index contributed by atoms with van der Waals surface area (Å²) in [4.78, 5) is -0.557. The fourth-order valence-electron chi connectivity index (χ4n) is 1.30. The summed E-state index contributed by atoms with van der Waals surface area (Å²) >= 11 is 3.01. The van der Waals surface area contributed by atoms with E-state index < -0.39 is 20.7 Å². The van der Waals surface area contributed by atoms with Gasteiger partial charge in [-0.25, -0.2) is 12.8 Å². The standard InChI is InChI=1S/C10H8BrFN4O2S/c11-6-4-7(12)9(5-8(6)13)19(17,18)16-10-2-1-3-14-15-10/h1-5H,13H2,(H,15,16). The molecular weight excluding hydrogens is 339 g/mol. The van der Waals surface area contributed by atoms with Gasteiger partial charge in [-0.2, -0.15) is 5.10 Å². The van der Waals surface area contributed by atoms with Gasteiger partial charge >= 0.3 is 0 Å². The number of hydrogen-bond acceptors (Lipinski definition) is 5. The second-order valence-electron chi connectivity index (χ2n) is 3.52. The van der Waals surface area contributed by atoms with E-state index in [9.17, 15) is 12.8 Å². The third kappa shape index (κ3) is 2.99. The normalized spacial score (nSPS) is 11.3. The summed E-state index contributed by atoms with van der Waals surface area (Å²) in [6.07, 6.45) is 1.38. The monoisotopic (exact) mass is 346 g/mol. The lowest BCUT2D eigenvalue weighted by molar-refractivity contribution is 0.570. The van der Waals surface area contributed by atoms with Crippen LogP contribution in [-0.4, -0.2) is 18.6 Å². The zero-order chi connectivity index (χ0) is 14.0. The third-order valence-electron chi connectivity index (χ3n) is 2.15. The van der Waals surface area contributed by atoms with Crippen LogP contribution in [0.15, 0.2) is 39.8 Å². The number of benzene rings is 1. The van der Waals surface area contributed by atoms with E-state index in [2.05, 4.69) is 30.8 Å². The van der Waals surface area contributed by atoms with Crippen LogP contribution in [0.4, 0.5) is 15.9 Å². The molecule has 0 aliphatic rings. The molecule has 6 nitrogen and oxygen atoms in total. The van der Waals surface area contributed by atoms with Crippen LogP contribution in [0.25, 0.3) is 0 Å². The highest BCUT2D eigenvalue weighted by atomic mass is 79.9. The van der Waals surface area contributed by atoms with E-state index in [0.717, 1.165) is 12.1 Å². The number of halogens is 2. The lowest BCUT2D eigenvalue weighted by Crippen LogP contribution is -2.16. The second-order valence-corrected chi connectivity index (χ2v) is 6.02. The highest BCUT2D eigenvalue weighted by Gasteiger charge is 2.21. The molecule has 0 saturated heterocycles. The number of nitrogens with one attached hydrogen (secondary N) is 1. The Bertz CT molecular complexity index is 709. The SMILES string of the molecule is Nc1cc(S(=O)(=O)Nc2cccnn2)c(F)cc1Br. The van der Waals surface area contributed by atoms with Crippen molar-refractivity contribution in [3.8, 4) is 0 Å². The number of hydrogen-bond donors (Lipinski definition) is 2. The Morgan fingerprint density at radius 1 is 1.37 bits per heavy atom. The minimum absolute atomic E-state index is 0.0107. The Hall–Kier alpha value is -1.74. The van der Waals surface area contributed by atoms with Crippen LogP contribution < -0.4 is 10.5 Å². The molecule has 0 aliphatic carbocycles. The quantitative estimate of drug-likeness (QED) is 0.825. The van der Waals surface area contributed by atoms with E-state index in [1.807, 2.05) is 0 Å². The first-order chi connectivity index (χ1) is 8.90. The van der Waals surface area contributed by atoms with Crippen LogP contribution in [0, 0.1) is 5.82 Å². The molecule has 1 aromatic carbocycles. The molecule has 100 valence electrons. The zero-order valence-corrected chi connectivity index (χ0v) is 11.7. The van der Waals surface area contributed by atoms with Crippen LogP contribution in [0.1, 0.15) is 0 Å². The Labute approximate surface area is 117 Å². The number of sulfonamides is 1. The van der Waals surface area contributed by atoms with Crippen molar-refractivity contribution in [1.29, 1.82) is 0 Å². The fraction of sp³-hybridized carbons (Fsp3) is 0. The van der Waals surface area contributed by atoms with Gasteiger partial charge in [0.1, 0.15) is 10.7 Å². The van der Waals surface area contributed by atoms with Gasteiger partial charge < -0.3 is 5.73 Å². The van der Waals surface area contributed by atoms with Crippen LogP contribution in [0.3, 0.4) is 0 Å². The number of rotatable bonds is 3. The molecule has 3 N–H and O–H groups in total. The molecule has 0 amide bonds. The number of nitrogens with zero attached hydrogens (tertiary/aromatic N) is 2. The number of aromatic nitrogens is 2. The zero-order valence-electron chi connectivity index (χ0n) is 9.34. The van der Waals surface area contributed by atoms with Crippen molar-refractivity contribution in [2.75, 3.05) is 10.5 Å². The fourth-order valence-corrected chi connectivity index (χ4v) is 2.71. The van der Waals surface area contributed by atoms with Crippen molar-refractivity contribution in [2.24, 2.45) is 0 Å². The molecule has 2 rings (SSSR count). The molecule has 0 bridgehead atoms. The largest absolute Gasteiger partial charge is 0.398 e. The van der Waals surface area contributed by atoms with Gasteiger partial charge in [0, 0.05) is 16.4 Å². The molecule has 1 aromatic heterocycles. The van der Waals surface area contributed by atoms with Crippen molar-refractivity contribution < 1.29 is 12.8 Å². The van der Waals surface area contributed by atoms with Crippen molar-refractivity contribution in [3.63, 3.8) is 0 Å². The van der Waals surface area contributed by atoms with Gasteiger partial charge in [0.15, 0.2) is 5.82 Å². The Morgan fingerprint density at radius 2 is 2.11 bits per heavy atom.